The van der Waals surface area contributed by atoms with E-state index < -0.39 is 10.0 Å². The number of rotatable bonds is 2. The van der Waals surface area contributed by atoms with Gasteiger partial charge in [0.1, 0.15) is 6.07 Å². The minimum atomic E-state index is -3.80. The van der Waals surface area contributed by atoms with Gasteiger partial charge < -0.3 is 4.90 Å². The SMILES string of the molecule is CN1CCN(S(=O)(=O)c2ccccc2C#N)CC1=O. The fourth-order valence-electron chi connectivity index (χ4n) is 1.87. The minimum absolute atomic E-state index is 0.0464. The van der Waals surface area contributed by atoms with Crippen molar-refractivity contribution in [3.63, 3.8) is 0 Å². The fraction of sp³-hybridized carbons (Fsp3) is 0.333. The summed E-state index contributed by atoms with van der Waals surface area (Å²) in [5, 5.41) is 8.97. The third-order valence-electron chi connectivity index (χ3n) is 3.05. The molecule has 1 aromatic carbocycles. The van der Waals surface area contributed by atoms with Crippen molar-refractivity contribution in [3.8, 4) is 6.07 Å². The lowest BCUT2D eigenvalue weighted by atomic mass is 10.2. The number of carbonyl (C=O) groups excluding carboxylic acids is 1. The third kappa shape index (κ3) is 2.45. The summed E-state index contributed by atoms with van der Waals surface area (Å²) in [6.07, 6.45) is 0. The van der Waals surface area contributed by atoms with Crippen LogP contribution >= 0.6 is 0 Å². The quantitative estimate of drug-likeness (QED) is 0.764. The van der Waals surface area contributed by atoms with Crippen LogP contribution in [0.5, 0.6) is 0 Å². The molecule has 1 aromatic rings. The number of hydrogen-bond donors (Lipinski definition) is 0. The van der Waals surface area contributed by atoms with E-state index in [9.17, 15) is 13.2 Å². The van der Waals surface area contributed by atoms with Crippen LogP contribution in [-0.4, -0.2) is 50.2 Å². The number of nitriles is 1. The van der Waals surface area contributed by atoms with Crippen molar-refractivity contribution in [2.75, 3.05) is 26.7 Å². The lowest BCUT2D eigenvalue weighted by molar-refractivity contribution is -0.132. The predicted octanol–water partition coefficient (Wildman–Crippen LogP) is 0.0210. The monoisotopic (exact) mass is 279 g/mol. The highest BCUT2D eigenvalue weighted by Gasteiger charge is 2.32. The highest BCUT2D eigenvalue weighted by molar-refractivity contribution is 7.89. The molecule has 0 saturated carbocycles. The smallest absolute Gasteiger partial charge is 0.244 e. The van der Waals surface area contributed by atoms with Crippen LogP contribution in [0.1, 0.15) is 5.56 Å². The van der Waals surface area contributed by atoms with E-state index >= 15 is 0 Å². The zero-order valence-corrected chi connectivity index (χ0v) is 11.2. The zero-order valence-electron chi connectivity index (χ0n) is 10.4. The molecule has 0 unspecified atom stereocenters. The standard InChI is InChI=1S/C12H13N3O3S/c1-14-6-7-15(9-12(14)16)19(17,18)11-5-3-2-4-10(11)8-13/h2-5H,6-7,9H2,1H3. The average molecular weight is 279 g/mol. The van der Waals surface area contributed by atoms with Crippen LogP contribution in [0.15, 0.2) is 29.2 Å². The summed E-state index contributed by atoms with van der Waals surface area (Å²) in [5.74, 6) is -0.246. The molecule has 0 bridgehead atoms. The van der Waals surface area contributed by atoms with Gasteiger partial charge in [0, 0.05) is 20.1 Å². The topological polar surface area (TPSA) is 81.5 Å². The van der Waals surface area contributed by atoms with Gasteiger partial charge in [0.15, 0.2) is 0 Å². The second-order valence-corrected chi connectivity index (χ2v) is 6.17. The first kappa shape index (κ1) is 13.5. The molecule has 0 atom stereocenters. The first-order valence-electron chi connectivity index (χ1n) is 5.70. The Bertz CT molecular complexity index is 648. The third-order valence-corrected chi connectivity index (χ3v) is 4.95. The summed E-state index contributed by atoms with van der Waals surface area (Å²) in [5.41, 5.74) is 0.0916. The largest absolute Gasteiger partial charge is 0.343 e. The number of amides is 1. The molecule has 0 aliphatic carbocycles. The molecule has 0 spiro atoms. The van der Waals surface area contributed by atoms with Crippen molar-refractivity contribution in [1.29, 1.82) is 5.26 Å². The van der Waals surface area contributed by atoms with E-state index in [4.69, 9.17) is 5.26 Å². The van der Waals surface area contributed by atoms with E-state index in [2.05, 4.69) is 0 Å². The van der Waals surface area contributed by atoms with E-state index in [0.717, 1.165) is 4.31 Å². The Morgan fingerprint density at radius 1 is 1.26 bits per heavy atom. The van der Waals surface area contributed by atoms with Crippen LogP contribution in [0.4, 0.5) is 0 Å². The van der Waals surface area contributed by atoms with Crippen molar-refractivity contribution >= 4 is 15.9 Å². The van der Waals surface area contributed by atoms with Crippen molar-refractivity contribution in [2.45, 2.75) is 4.90 Å². The molecule has 1 amide bonds. The summed E-state index contributed by atoms with van der Waals surface area (Å²) in [4.78, 5) is 13.0. The van der Waals surface area contributed by atoms with Gasteiger partial charge in [0.25, 0.3) is 0 Å². The molecule has 1 aliphatic heterocycles. The van der Waals surface area contributed by atoms with Crippen LogP contribution in [0.3, 0.4) is 0 Å². The minimum Gasteiger partial charge on any atom is -0.343 e. The number of nitrogens with zero attached hydrogens (tertiary/aromatic N) is 3. The van der Waals surface area contributed by atoms with Gasteiger partial charge >= 0.3 is 0 Å². The number of benzene rings is 1. The van der Waals surface area contributed by atoms with Gasteiger partial charge in [-0.2, -0.15) is 9.57 Å². The molecule has 7 heteroatoms. The van der Waals surface area contributed by atoms with Crippen LogP contribution in [0.2, 0.25) is 0 Å². The van der Waals surface area contributed by atoms with E-state index in [1.165, 1.54) is 17.0 Å². The van der Waals surface area contributed by atoms with Crippen molar-refractivity contribution < 1.29 is 13.2 Å². The van der Waals surface area contributed by atoms with Crippen molar-refractivity contribution in [3.05, 3.63) is 29.8 Å². The maximum Gasteiger partial charge on any atom is 0.244 e. The van der Waals surface area contributed by atoms with Gasteiger partial charge in [0.05, 0.1) is 17.0 Å². The van der Waals surface area contributed by atoms with Crippen LogP contribution < -0.4 is 0 Å². The van der Waals surface area contributed by atoms with Gasteiger partial charge in [-0.25, -0.2) is 8.42 Å². The van der Waals surface area contributed by atoms with Crippen LogP contribution in [0, 0.1) is 11.3 Å². The summed E-state index contributed by atoms with van der Waals surface area (Å²) >= 11 is 0. The number of likely N-dealkylation sites (N-methyl/N-ethyl adjacent to an activating group) is 1. The van der Waals surface area contributed by atoms with E-state index in [1.54, 1.807) is 19.2 Å². The van der Waals surface area contributed by atoms with Gasteiger partial charge in [-0.3, -0.25) is 4.79 Å². The number of hydrogen-bond acceptors (Lipinski definition) is 4. The maximum absolute atomic E-state index is 12.4. The van der Waals surface area contributed by atoms with Crippen molar-refractivity contribution in [1.82, 2.24) is 9.21 Å². The molecule has 1 saturated heterocycles. The molecule has 1 heterocycles. The normalized spacial score (nSPS) is 17.3. The van der Waals surface area contributed by atoms with Gasteiger partial charge in [-0.1, -0.05) is 12.1 Å². The summed E-state index contributed by atoms with van der Waals surface area (Å²) < 4.78 is 26.0. The van der Waals surface area contributed by atoms with E-state index in [1.807, 2.05) is 6.07 Å². The molecular formula is C12H13N3O3S. The van der Waals surface area contributed by atoms with Crippen LogP contribution in [0.25, 0.3) is 0 Å². The first-order valence-corrected chi connectivity index (χ1v) is 7.14. The predicted molar refractivity (Wildman–Crippen MR) is 67.6 cm³/mol. The number of carbonyl (C=O) groups is 1. The molecule has 1 aliphatic rings. The molecule has 100 valence electrons. The molecule has 0 N–H and O–H groups in total. The molecule has 2 rings (SSSR count). The zero-order chi connectivity index (χ0) is 14.0. The highest BCUT2D eigenvalue weighted by atomic mass is 32.2. The summed E-state index contributed by atoms with van der Waals surface area (Å²) in [7, 11) is -2.16. The lowest BCUT2D eigenvalue weighted by Gasteiger charge is -2.31. The molecule has 0 radical (unpaired) electrons. The van der Waals surface area contributed by atoms with Gasteiger partial charge in [0.2, 0.25) is 15.9 Å². The second-order valence-electron chi connectivity index (χ2n) is 4.26. The van der Waals surface area contributed by atoms with Gasteiger partial charge in [-0.05, 0) is 12.1 Å². The Kier molecular flexibility index (Phi) is 3.55. The number of sulfonamides is 1. The van der Waals surface area contributed by atoms with E-state index in [-0.39, 0.29) is 29.5 Å². The van der Waals surface area contributed by atoms with E-state index in [0.29, 0.717) is 6.54 Å². The molecule has 0 aromatic heterocycles. The Labute approximate surface area is 111 Å². The number of piperazine rings is 1. The summed E-state index contributed by atoms with van der Waals surface area (Å²) in [6, 6.07) is 7.86. The second kappa shape index (κ2) is 4.99. The Morgan fingerprint density at radius 2 is 1.95 bits per heavy atom. The lowest BCUT2D eigenvalue weighted by Crippen LogP contribution is -2.50. The van der Waals surface area contributed by atoms with Gasteiger partial charge in [-0.15, -0.1) is 0 Å². The highest BCUT2D eigenvalue weighted by Crippen LogP contribution is 2.20. The Morgan fingerprint density at radius 3 is 2.58 bits per heavy atom. The van der Waals surface area contributed by atoms with Crippen molar-refractivity contribution in [2.24, 2.45) is 0 Å². The first-order chi connectivity index (χ1) is 8.96. The molecular weight excluding hydrogens is 266 g/mol. The summed E-state index contributed by atoms with van der Waals surface area (Å²) in [6.45, 7) is 0.412. The Hall–Kier alpha value is -1.91. The Balaban J connectivity index is 2.39. The molecule has 19 heavy (non-hydrogen) atoms. The molecule has 1 fully saturated rings. The molecule has 6 nitrogen and oxygen atoms in total. The fourth-order valence-corrected chi connectivity index (χ4v) is 3.39. The maximum atomic E-state index is 12.4. The average Bonchev–Trinajstić information content (AvgIpc) is 2.41. The van der Waals surface area contributed by atoms with Crippen LogP contribution in [-0.2, 0) is 14.8 Å².